The van der Waals surface area contributed by atoms with Gasteiger partial charge in [-0.1, -0.05) is 24.6 Å². The van der Waals surface area contributed by atoms with Gasteiger partial charge in [-0.2, -0.15) is 0 Å². The van der Waals surface area contributed by atoms with E-state index in [4.69, 9.17) is 0 Å². The van der Waals surface area contributed by atoms with Gasteiger partial charge in [-0.15, -0.1) is 0 Å². The molecule has 1 rings (SSSR count). The highest BCUT2D eigenvalue weighted by molar-refractivity contribution is 5.35. The summed E-state index contributed by atoms with van der Waals surface area (Å²) in [6.45, 7) is 7.95. The van der Waals surface area contributed by atoms with Crippen molar-refractivity contribution in [2.24, 2.45) is 0 Å². The lowest BCUT2D eigenvalue weighted by Gasteiger charge is -2.14. The quantitative estimate of drug-likeness (QED) is 0.720. The number of nitrogens with one attached hydrogen (secondary N) is 1. The Balaban J connectivity index is 2.34. The Morgan fingerprint density at radius 1 is 1.38 bits per heavy atom. The van der Waals surface area contributed by atoms with Gasteiger partial charge in [-0.25, -0.2) is 0 Å². The van der Waals surface area contributed by atoms with Crippen molar-refractivity contribution < 1.29 is 5.11 Å². The van der Waals surface area contributed by atoms with Gasteiger partial charge in [0.1, 0.15) is 5.75 Å². The lowest BCUT2D eigenvalue weighted by atomic mass is 10.1. The number of hydrogen-bond donors (Lipinski definition) is 2. The van der Waals surface area contributed by atoms with Gasteiger partial charge in [-0.05, 0) is 26.6 Å². The van der Waals surface area contributed by atoms with Crippen LogP contribution < -0.4 is 5.32 Å². The first-order chi connectivity index (χ1) is 7.63. The van der Waals surface area contributed by atoms with Crippen LogP contribution in [0, 0.1) is 6.92 Å². The second-order valence-electron chi connectivity index (χ2n) is 4.20. The molecule has 0 aliphatic rings. The fraction of sp³-hybridized carbons (Fsp3) is 0.538. The second-order valence-corrected chi connectivity index (χ2v) is 4.20. The summed E-state index contributed by atoms with van der Waals surface area (Å²) in [6.07, 6.45) is 0. The maximum Gasteiger partial charge on any atom is 0.120 e. The normalized spacial score (nSPS) is 11.0. The summed E-state index contributed by atoms with van der Waals surface area (Å²) in [5, 5.41) is 13.0. The van der Waals surface area contributed by atoms with Gasteiger partial charge in [0.05, 0.1) is 0 Å². The van der Waals surface area contributed by atoms with Crippen LogP contribution in [0.4, 0.5) is 0 Å². The number of phenolic OH excluding ortho intramolecular Hbond substituents is 1. The van der Waals surface area contributed by atoms with Crippen LogP contribution >= 0.6 is 0 Å². The number of rotatable bonds is 6. The Morgan fingerprint density at radius 2 is 2.12 bits per heavy atom. The number of aromatic hydroxyl groups is 1. The molecule has 0 fully saturated rings. The summed E-state index contributed by atoms with van der Waals surface area (Å²) in [6, 6.07) is 5.69. The third-order valence-corrected chi connectivity index (χ3v) is 2.76. The molecule has 0 spiro atoms. The topological polar surface area (TPSA) is 35.5 Å². The van der Waals surface area contributed by atoms with E-state index in [1.165, 1.54) is 5.56 Å². The summed E-state index contributed by atoms with van der Waals surface area (Å²) >= 11 is 0. The standard InChI is InChI=1S/C13H22N2O/c1-4-15(3)8-7-14-10-12-9-11(2)5-6-13(12)16/h5-6,9,14,16H,4,7-8,10H2,1-3H3. The third kappa shape index (κ3) is 4.21. The van der Waals surface area contributed by atoms with Gasteiger partial charge in [0.2, 0.25) is 0 Å². The predicted octanol–water partition coefficient (Wildman–Crippen LogP) is 1.74. The zero-order chi connectivity index (χ0) is 12.0. The van der Waals surface area contributed by atoms with Crippen molar-refractivity contribution >= 4 is 0 Å². The average molecular weight is 222 g/mol. The Labute approximate surface area is 98.1 Å². The fourth-order valence-corrected chi connectivity index (χ4v) is 1.51. The van der Waals surface area contributed by atoms with Crippen molar-refractivity contribution in [2.45, 2.75) is 20.4 Å². The lowest BCUT2D eigenvalue weighted by molar-refractivity contribution is 0.348. The third-order valence-electron chi connectivity index (χ3n) is 2.76. The molecular weight excluding hydrogens is 200 g/mol. The molecule has 16 heavy (non-hydrogen) atoms. The van der Waals surface area contributed by atoms with Crippen LogP contribution in [0.3, 0.4) is 0 Å². The van der Waals surface area contributed by atoms with Crippen molar-refractivity contribution in [1.29, 1.82) is 0 Å². The highest BCUT2D eigenvalue weighted by atomic mass is 16.3. The highest BCUT2D eigenvalue weighted by Gasteiger charge is 2.00. The molecule has 1 aromatic rings. The Kier molecular flexibility index (Phi) is 5.29. The largest absolute Gasteiger partial charge is 0.508 e. The van der Waals surface area contributed by atoms with Gasteiger partial charge in [-0.3, -0.25) is 0 Å². The summed E-state index contributed by atoms with van der Waals surface area (Å²) in [5.74, 6) is 0.377. The second kappa shape index (κ2) is 6.51. The van der Waals surface area contributed by atoms with Crippen molar-refractivity contribution in [3.63, 3.8) is 0 Å². The SMILES string of the molecule is CCN(C)CCNCc1cc(C)ccc1O. The van der Waals surface area contributed by atoms with Crippen LogP contribution in [0.1, 0.15) is 18.1 Å². The monoisotopic (exact) mass is 222 g/mol. The van der Waals surface area contributed by atoms with Crippen molar-refractivity contribution in [1.82, 2.24) is 10.2 Å². The highest BCUT2D eigenvalue weighted by Crippen LogP contribution is 2.17. The van der Waals surface area contributed by atoms with Gasteiger partial charge < -0.3 is 15.3 Å². The van der Waals surface area contributed by atoms with Crippen LogP contribution in [-0.2, 0) is 6.54 Å². The lowest BCUT2D eigenvalue weighted by Crippen LogP contribution is -2.28. The van der Waals surface area contributed by atoms with E-state index < -0.39 is 0 Å². The van der Waals surface area contributed by atoms with Gasteiger partial charge >= 0.3 is 0 Å². The van der Waals surface area contributed by atoms with E-state index in [2.05, 4.69) is 24.2 Å². The van der Waals surface area contributed by atoms with E-state index >= 15 is 0 Å². The van der Waals surface area contributed by atoms with Gasteiger partial charge in [0.25, 0.3) is 0 Å². The smallest absolute Gasteiger partial charge is 0.120 e. The summed E-state index contributed by atoms with van der Waals surface area (Å²) in [7, 11) is 2.10. The molecule has 0 amide bonds. The molecule has 3 nitrogen and oxygen atoms in total. The van der Waals surface area contributed by atoms with E-state index in [9.17, 15) is 5.11 Å². The van der Waals surface area contributed by atoms with Crippen molar-refractivity contribution in [3.05, 3.63) is 29.3 Å². The molecule has 0 unspecified atom stereocenters. The van der Waals surface area contributed by atoms with Crippen LogP contribution in [0.25, 0.3) is 0 Å². The number of hydrogen-bond acceptors (Lipinski definition) is 3. The van der Waals surface area contributed by atoms with E-state index in [0.717, 1.165) is 31.7 Å². The molecule has 0 radical (unpaired) electrons. The zero-order valence-corrected chi connectivity index (χ0v) is 10.5. The first kappa shape index (κ1) is 13.0. The molecule has 0 saturated heterocycles. The van der Waals surface area contributed by atoms with Crippen LogP contribution in [0.5, 0.6) is 5.75 Å². The molecule has 0 aromatic heterocycles. The van der Waals surface area contributed by atoms with Gasteiger partial charge in [0.15, 0.2) is 0 Å². The van der Waals surface area contributed by atoms with Crippen molar-refractivity contribution in [2.75, 3.05) is 26.7 Å². The number of nitrogens with zero attached hydrogens (tertiary/aromatic N) is 1. The summed E-state index contributed by atoms with van der Waals surface area (Å²) in [5.41, 5.74) is 2.15. The molecule has 0 heterocycles. The Bertz CT molecular complexity index is 326. The number of benzene rings is 1. The minimum atomic E-state index is 0.377. The Hall–Kier alpha value is -1.06. The fourth-order valence-electron chi connectivity index (χ4n) is 1.51. The average Bonchev–Trinajstić information content (AvgIpc) is 2.28. The maximum atomic E-state index is 9.64. The first-order valence-corrected chi connectivity index (χ1v) is 5.81. The minimum absolute atomic E-state index is 0.377. The maximum absolute atomic E-state index is 9.64. The van der Waals surface area contributed by atoms with E-state index in [0.29, 0.717) is 5.75 Å². The molecule has 0 aliphatic carbocycles. The van der Waals surface area contributed by atoms with E-state index in [1.807, 2.05) is 19.1 Å². The number of likely N-dealkylation sites (N-methyl/N-ethyl adjacent to an activating group) is 1. The van der Waals surface area contributed by atoms with Crippen LogP contribution in [0.2, 0.25) is 0 Å². The number of aryl methyl sites for hydroxylation is 1. The molecule has 0 saturated carbocycles. The molecule has 90 valence electrons. The van der Waals surface area contributed by atoms with Crippen molar-refractivity contribution in [3.8, 4) is 5.75 Å². The van der Waals surface area contributed by atoms with E-state index in [1.54, 1.807) is 6.07 Å². The number of phenols is 1. The minimum Gasteiger partial charge on any atom is -0.508 e. The van der Waals surface area contributed by atoms with Gasteiger partial charge in [0, 0.05) is 25.2 Å². The molecule has 3 heteroatoms. The molecule has 0 aliphatic heterocycles. The Morgan fingerprint density at radius 3 is 2.81 bits per heavy atom. The van der Waals surface area contributed by atoms with Crippen LogP contribution in [0.15, 0.2) is 18.2 Å². The zero-order valence-electron chi connectivity index (χ0n) is 10.5. The molecule has 2 N–H and O–H groups in total. The summed E-state index contributed by atoms with van der Waals surface area (Å²) < 4.78 is 0. The molecule has 1 aromatic carbocycles. The summed E-state index contributed by atoms with van der Waals surface area (Å²) in [4.78, 5) is 2.25. The first-order valence-electron chi connectivity index (χ1n) is 5.81. The molecule has 0 bridgehead atoms. The molecular formula is C13H22N2O. The van der Waals surface area contributed by atoms with Crippen LogP contribution in [-0.4, -0.2) is 36.7 Å². The van der Waals surface area contributed by atoms with E-state index in [-0.39, 0.29) is 0 Å². The molecule has 0 atom stereocenters. The predicted molar refractivity (Wildman–Crippen MR) is 67.7 cm³/mol.